The van der Waals surface area contributed by atoms with Gasteiger partial charge in [-0.1, -0.05) is 30.6 Å². The van der Waals surface area contributed by atoms with Gasteiger partial charge >= 0.3 is 0 Å². The molecular weight excluding hydrogens is 276 g/mol. The lowest BCUT2D eigenvalue weighted by atomic mass is 9.80. The number of ether oxygens (including phenoxy) is 1. The minimum atomic E-state index is 0.0136. The van der Waals surface area contributed by atoms with Crippen molar-refractivity contribution in [3.05, 3.63) is 28.8 Å². The van der Waals surface area contributed by atoms with Crippen molar-refractivity contribution in [3.8, 4) is 5.75 Å². The highest BCUT2D eigenvalue weighted by Gasteiger charge is 2.26. The van der Waals surface area contributed by atoms with Gasteiger partial charge in [0, 0.05) is 5.02 Å². The fraction of sp³-hybridized carbons (Fsp3) is 0.533. The maximum absolute atomic E-state index is 8.85. The van der Waals surface area contributed by atoms with E-state index in [9.17, 15) is 0 Å². The van der Waals surface area contributed by atoms with Crippen molar-refractivity contribution < 1.29 is 9.94 Å². The highest BCUT2D eigenvalue weighted by Crippen LogP contribution is 2.33. The first-order valence-corrected chi connectivity index (χ1v) is 7.33. The van der Waals surface area contributed by atoms with Crippen molar-refractivity contribution in [2.75, 3.05) is 0 Å². The zero-order chi connectivity index (χ0) is 14.7. The molecule has 0 bridgehead atoms. The van der Waals surface area contributed by atoms with Crippen LogP contribution in [0.15, 0.2) is 23.4 Å². The third kappa shape index (κ3) is 3.37. The summed E-state index contributed by atoms with van der Waals surface area (Å²) in [7, 11) is 0. The summed E-state index contributed by atoms with van der Waals surface area (Å²) in [6.07, 6.45) is 3.40. The Morgan fingerprint density at radius 2 is 2.10 bits per heavy atom. The molecule has 3 unspecified atom stereocenters. The van der Waals surface area contributed by atoms with Crippen molar-refractivity contribution in [1.82, 2.24) is 0 Å². The second-order valence-corrected chi connectivity index (χ2v) is 6.07. The predicted octanol–water partition coefficient (Wildman–Crippen LogP) is 3.64. The summed E-state index contributed by atoms with van der Waals surface area (Å²) < 4.78 is 6.05. The number of hydrogen-bond acceptors (Lipinski definition) is 3. The summed E-state index contributed by atoms with van der Waals surface area (Å²) in [6.45, 7) is 4.54. The molecule has 0 saturated heterocycles. The first-order chi connectivity index (χ1) is 9.51. The Morgan fingerprint density at radius 3 is 2.75 bits per heavy atom. The van der Waals surface area contributed by atoms with Crippen LogP contribution < -0.4 is 10.5 Å². The zero-order valence-corrected chi connectivity index (χ0v) is 12.6. The topological polar surface area (TPSA) is 67.8 Å². The average Bonchev–Trinajstić information content (AvgIpc) is 2.44. The standard InChI is InChI=1S/C15H21ClN2O2/c1-9-3-5-12(7-10(9)2)20-14-6-4-11(16)8-13(14)15(17)18-19/h4,6,8-10,12,19H,3,5,7H2,1-2H3,(H2,17,18). The monoisotopic (exact) mass is 296 g/mol. The van der Waals surface area contributed by atoms with Gasteiger partial charge in [-0.3, -0.25) is 0 Å². The van der Waals surface area contributed by atoms with E-state index in [1.54, 1.807) is 18.2 Å². The van der Waals surface area contributed by atoms with Crippen molar-refractivity contribution in [2.24, 2.45) is 22.7 Å². The van der Waals surface area contributed by atoms with Gasteiger partial charge in [-0.25, -0.2) is 0 Å². The molecule has 4 nitrogen and oxygen atoms in total. The molecule has 0 aliphatic heterocycles. The summed E-state index contributed by atoms with van der Waals surface area (Å²) in [4.78, 5) is 0. The van der Waals surface area contributed by atoms with Crippen LogP contribution in [-0.4, -0.2) is 17.1 Å². The summed E-state index contributed by atoms with van der Waals surface area (Å²) in [6, 6.07) is 5.18. The Balaban J connectivity index is 2.17. The first-order valence-electron chi connectivity index (χ1n) is 6.95. The number of hydrogen-bond donors (Lipinski definition) is 2. The molecule has 110 valence electrons. The van der Waals surface area contributed by atoms with Crippen LogP contribution in [0.25, 0.3) is 0 Å². The van der Waals surface area contributed by atoms with Gasteiger partial charge in [-0.2, -0.15) is 0 Å². The summed E-state index contributed by atoms with van der Waals surface area (Å²) in [5.74, 6) is 2.02. The Hall–Kier alpha value is -1.42. The van der Waals surface area contributed by atoms with Crippen molar-refractivity contribution in [2.45, 2.75) is 39.2 Å². The lowest BCUT2D eigenvalue weighted by Gasteiger charge is -2.32. The lowest BCUT2D eigenvalue weighted by Crippen LogP contribution is -2.29. The van der Waals surface area contributed by atoms with Crippen LogP contribution in [0.4, 0.5) is 0 Å². The van der Waals surface area contributed by atoms with Crippen LogP contribution in [0.5, 0.6) is 5.75 Å². The lowest BCUT2D eigenvalue weighted by molar-refractivity contribution is 0.100. The number of nitrogens with zero attached hydrogens (tertiary/aromatic N) is 1. The Morgan fingerprint density at radius 1 is 1.35 bits per heavy atom. The minimum absolute atomic E-state index is 0.0136. The quantitative estimate of drug-likeness (QED) is 0.387. The maximum Gasteiger partial charge on any atom is 0.173 e. The van der Waals surface area contributed by atoms with Gasteiger partial charge in [0.2, 0.25) is 0 Å². The van der Waals surface area contributed by atoms with E-state index in [1.807, 2.05) is 0 Å². The first kappa shape index (κ1) is 15.0. The van der Waals surface area contributed by atoms with E-state index >= 15 is 0 Å². The highest BCUT2D eigenvalue weighted by molar-refractivity contribution is 6.31. The maximum atomic E-state index is 8.85. The second kappa shape index (κ2) is 6.35. The molecule has 20 heavy (non-hydrogen) atoms. The average molecular weight is 297 g/mol. The third-order valence-electron chi connectivity index (χ3n) is 4.17. The van der Waals surface area contributed by atoms with Crippen LogP contribution >= 0.6 is 11.6 Å². The van der Waals surface area contributed by atoms with Gasteiger partial charge < -0.3 is 15.7 Å². The molecule has 5 heteroatoms. The summed E-state index contributed by atoms with van der Waals surface area (Å²) >= 11 is 5.96. The van der Waals surface area contributed by atoms with Gasteiger partial charge in [-0.15, -0.1) is 0 Å². The highest BCUT2D eigenvalue weighted by atomic mass is 35.5. The summed E-state index contributed by atoms with van der Waals surface area (Å²) in [5.41, 5.74) is 6.21. The van der Waals surface area contributed by atoms with Crippen molar-refractivity contribution >= 4 is 17.4 Å². The number of oxime groups is 1. The molecule has 0 aromatic heterocycles. The molecule has 0 radical (unpaired) electrons. The Kier molecular flexibility index (Phi) is 4.76. The number of nitrogens with two attached hydrogens (primary N) is 1. The molecular formula is C15H21ClN2O2. The van der Waals surface area contributed by atoms with Gasteiger partial charge in [0.15, 0.2) is 5.84 Å². The van der Waals surface area contributed by atoms with Gasteiger partial charge in [0.1, 0.15) is 5.75 Å². The molecule has 0 amide bonds. The van der Waals surface area contributed by atoms with Gasteiger partial charge in [0.25, 0.3) is 0 Å². The fourth-order valence-corrected chi connectivity index (χ4v) is 2.82. The molecule has 1 fully saturated rings. The SMILES string of the molecule is CC1CCC(Oc2ccc(Cl)cc2C(N)=NO)CC1C. The van der Waals surface area contributed by atoms with Crippen LogP contribution in [0, 0.1) is 11.8 Å². The molecule has 3 N–H and O–H groups in total. The number of halogens is 1. The smallest absolute Gasteiger partial charge is 0.173 e. The molecule has 1 aliphatic rings. The van der Waals surface area contributed by atoms with Crippen LogP contribution in [0.1, 0.15) is 38.7 Å². The molecule has 1 aromatic carbocycles. The van der Waals surface area contributed by atoms with E-state index in [1.165, 1.54) is 6.42 Å². The number of rotatable bonds is 3. The molecule has 1 aromatic rings. The van der Waals surface area contributed by atoms with E-state index in [4.69, 9.17) is 27.3 Å². The van der Waals surface area contributed by atoms with E-state index in [2.05, 4.69) is 19.0 Å². The number of benzene rings is 1. The van der Waals surface area contributed by atoms with Crippen LogP contribution in [0.3, 0.4) is 0 Å². The van der Waals surface area contributed by atoms with E-state index in [-0.39, 0.29) is 11.9 Å². The summed E-state index contributed by atoms with van der Waals surface area (Å²) in [5, 5.41) is 12.4. The minimum Gasteiger partial charge on any atom is -0.490 e. The molecule has 2 rings (SSSR count). The van der Waals surface area contributed by atoms with Crippen LogP contribution in [0.2, 0.25) is 5.02 Å². The Bertz CT molecular complexity index is 505. The molecule has 1 saturated carbocycles. The molecule has 1 aliphatic carbocycles. The largest absolute Gasteiger partial charge is 0.490 e. The fourth-order valence-electron chi connectivity index (χ4n) is 2.64. The number of amidine groups is 1. The normalized spacial score (nSPS) is 27.4. The van der Waals surface area contributed by atoms with Gasteiger partial charge in [0.05, 0.1) is 11.7 Å². The van der Waals surface area contributed by atoms with Crippen molar-refractivity contribution in [1.29, 1.82) is 0 Å². The molecule has 3 atom stereocenters. The predicted molar refractivity (Wildman–Crippen MR) is 80.6 cm³/mol. The third-order valence-corrected chi connectivity index (χ3v) is 4.40. The zero-order valence-electron chi connectivity index (χ0n) is 11.8. The molecule has 0 spiro atoms. The van der Waals surface area contributed by atoms with E-state index < -0.39 is 0 Å². The van der Waals surface area contributed by atoms with E-state index in [0.29, 0.717) is 22.3 Å². The van der Waals surface area contributed by atoms with E-state index in [0.717, 1.165) is 18.8 Å². The Labute approximate surface area is 124 Å². The second-order valence-electron chi connectivity index (χ2n) is 5.63. The van der Waals surface area contributed by atoms with Gasteiger partial charge in [-0.05, 0) is 49.3 Å². The van der Waals surface area contributed by atoms with Crippen LogP contribution in [-0.2, 0) is 0 Å². The molecule has 0 heterocycles. The van der Waals surface area contributed by atoms with Crippen molar-refractivity contribution in [3.63, 3.8) is 0 Å².